The number of hydrogen-bond acceptors (Lipinski definition) is 3. The summed E-state index contributed by atoms with van der Waals surface area (Å²) in [6.07, 6.45) is 5.35. The van der Waals surface area contributed by atoms with Crippen molar-refractivity contribution in [2.24, 2.45) is 0 Å². The molecule has 1 N–H and O–H groups in total. The Labute approximate surface area is 132 Å². The molecule has 0 radical (unpaired) electrons. The van der Waals surface area contributed by atoms with Crippen LogP contribution in [0.2, 0.25) is 5.02 Å². The van der Waals surface area contributed by atoms with Gasteiger partial charge >= 0.3 is 5.97 Å². The Morgan fingerprint density at radius 1 is 1.33 bits per heavy atom. The molecule has 1 saturated carbocycles. The Balaban J connectivity index is 2.13. The highest BCUT2D eigenvalue weighted by molar-refractivity contribution is 6.30. The zero-order valence-corrected chi connectivity index (χ0v) is 13.6. The first-order chi connectivity index (χ1) is 10.0. The Bertz CT molecular complexity index is 468. The molecule has 2 rings (SSSR count). The van der Waals surface area contributed by atoms with Crippen LogP contribution < -0.4 is 5.32 Å². The van der Waals surface area contributed by atoms with Gasteiger partial charge in [0, 0.05) is 17.5 Å². The lowest BCUT2D eigenvalue weighted by Crippen LogP contribution is -2.55. The van der Waals surface area contributed by atoms with E-state index in [1.54, 1.807) is 0 Å². The molecule has 4 heteroatoms. The van der Waals surface area contributed by atoms with Gasteiger partial charge in [-0.1, -0.05) is 36.6 Å². The lowest BCUT2D eigenvalue weighted by Gasteiger charge is -2.32. The van der Waals surface area contributed by atoms with Crippen molar-refractivity contribution in [3.05, 3.63) is 34.9 Å². The zero-order valence-electron chi connectivity index (χ0n) is 12.8. The van der Waals surface area contributed by atoms with Crippen molar-refractivity contribution in [2.45, 2.75) is 57.5 Å². The molecule has 116 valence electrons. The molecule has 0 heterocycles. The van der Waals surface area contributed by atoms with Gasteiger partial charge in [0.2, 0.25) is 0 Å². The summed E-state index contributed by atoms with van der Waals surface area (Å²) in [5.74, 6) is -0.174. The van der Waals surface area contributed by atoms with Crippen LogP contribution in [-0.2, 0) is 16.0 Å². The van der Waals surface area contributed by atoms with Crippen molar-refractivity contribution >= 4 is 17.6 Å². The normalized spacial score (nSPS) is 18.4. The third-order valence-corrected chi connectivity index (χ3v) is 4.33. The Morgan fingerprint density at radius 3 is 2.52 bits per heavy atom. The van der Waals surface area contributed by atoms with Gasteiger partial charge in [-0.3, -0.25) is 10.1 Å². The zero-order chi connectivity index (χ0) is 15.3. The molecule has 1 unspecified atom stereocenters. The average molecular weight is 310 g/mol. The van der Waals surface area contributed by atoms with Crippen LogP contribution in [0.4, 0.5) is 0 Å². The highest BCUT2D eigenvalue weighted by atomic mass is 35.5. The van der Waals surface area contributed by atoms with Gasteiger partial charge in [0.15, 0.2) is 0 Å². The second-order valence-corrected chi connectivity index (χ2v) is 6.42. The van der Waals surface area contributed by atoms with Crippen LogP contribution in [0.25, 0.3) is 0 Å². The summed E-state index contributed by atoms with van der Waals surface area (Å²) in [5.41, 5.74) is 0.402. The van der Waals surface area contributed by atoms with Crippen molar-refractivity contribution in [2.75, 3.05) is 6.61 Å². The third-order valence-electron chi connectivity index (χ3n) is 4.07. The van der Waals surface area contributed by atoms with Crippen LogP contribution in [0.15, 0.2) is 24.3 Å². The van der Waals surface area contributed by atoms with Gasteiger partial charge in [0.05, 0.1) is 6.61 Å². The van der Waals surface area contributed by atoms with E-state index in [4.69, 9.17) is 16.3 Å². The fraction of sp³-hybridized carbons (Fsp3) is 0.588. The Morgan fingerprint density at radius 2 is 1.95 bits per heavy atom. The molecule has 1 aromatic carbocycles. The van der Waals surface area contributed by atoms with Gasteiger partial charge in [-0.15, -0.1) is 0 Å². The predicted molar refractivity (Wildman–Crippen MR) is 85.6 cm³/mol. The molecule has 1 aliphatic rings. The molecule has 21 heavy (non-hydrogen) atoms. The van der Waals surface area contributed by atoms with Crippen molar-refractivity contribution in [3.8, 4) is 0 Å². The highest BCUT2D eigenvalue weighted by Gasteiger charge is 2.37. The monoisotopic (exact) mass is 309 g/mol. The van der Waals surface area contributed by atoms with Gasteiger partial charge in [-0.05, 0) is 44.4 Å². The fourth-order valence-corrected chi connectivity index (χ4v) is 3.13. The van der Waals surface area contributed by atoms with E-state index >= 15 is 0 Å². The maximum Gasteiger partial charge on any atom is 0.326 e. The molecule has 1 fully saturated rings. The summed E-state index contributed by atoms with van der Waals surface area (Å²) >= 11 is 5.93. The smallest absolute Gasteiger partial charge is 0.326 e. The van der Waals surface area contributed by atoms with E-state index < -0.39 is 5.54 Å². The van der Waals surface area contributed by atoms with Crippen molar-refractivity contribution in [1.29, 1.82) is 0 Å². The fourth-order valence-electron chi connectivity index (χ4n) is 3.00. The van der Waals surface area contributed by atoms with Crippen LogP contribution in [0.1, 0.15) is 45.1 Å². The number of halogens is 1. The molecule has 0 spiro atoms. The molecule has 3 nitrogen and oxygen atoms in total. The number of carbonyl (C=O) groups excluding carboxylic acids is 1. The van der Waals surface area contributed by atoms with Crippen molar-refractivity contribution in [3.63, 3.8) is 0 Å². The summed E-state index contributed by atoms with van der Waals surface area (Å²) < 4.78 is 5.29. The highest BCUT2D eigenvalue weighted by Crippen LogP contribution is 2.24. The van der Waals surface area contributed by atoms with E-state index in [0.717, 1.165) is 18.4 Å². The number of benzene rings is 1. The van der Waals surface area contributed by atoms with Crippen molar-refractivity contribution in [1.82, 2.24) is 5.32 Å². The van der Waals surface area contributed by atoms with Crippen LogP contribution >= 0.6 is 11.6 Å². The standard InChI is InChI=1S/C17H24ClNO2/c1-3-21-16(20)17(2,19-15-6-4-5-7-15)12-13-8-10-14(18)11-9-13/h8-11,15,19H,3-7,12H2,1-2H3. The van der Waals surface area contributed by atoms with Crippen LogP contribution in [0, 0.1) is 0 Å². The minimum atomic E-state index is -0.682. The number of nitrogens with one attached hydrogen (secondary N) is 1. The summed E-state index contributed by atoms with van der Waals surface area (Å²) in [6, 6.07) is 8.06. The van der Waals surface area contributed by atoms with Crippen LogP contribution in [0.3, 0.4) is 0 Å². The first-order valence-corrected chi connectivity index (χ1v) is 8.10. The average Bonchev–Trinajstić information content (AvgIpc) is 2.94. The molecule has 0 aromatic heterocycles. The van der Waals surface area contributed by atoms with E-state index in [2.05, 4.69) is 5.32 Å². The predicted octanol–water partition coefficient (Wildman–Crippen LogP) is 3.74. The molecule has 1 atom stereocenters. The van der Waals surface area contributed by atoms with Crippen LogP contribution in [0.5, 0.6) is 0 Å². The molecule has 0 saturated heterocycles. The van der Waals surface area contributed by atoms with Gasteiger partial charge in [0.25, 0.3) is 0 Å². The van der Waals surface area contributed by atoms with Crippen molar-refractivity contribution < 1.29 is 9.53 Å². The summed E-state index contributed by atoms with van der Waals surface area (Å²) in [6.45, 7) is 4.19. The molecular weight excluding hydrogens is 286 g/mol. The summed E-state index contributed by atoms with van der Waals surface area (Å²) in [4.78, 5) is 12.4. The second kappa shape index (κ2) is 7.28. The summed E-state index contributed by atoms with van der Waals surface area (Å²) in [7, 11) is 0. The van der Waals surface area contributed by atoms with Crippen LogP contribution in [-0.4, -0.2) is 24.2 Å². The summed E-state index contributed by atoms with van der Waals surface area (Å²) in [5, 5.41) is 4.24. The first kappa shape index (κ1) is 16.3. The van der Waals surface area contributed by atoms with E-state index in [1.165, 1.54) is 12.8 Å². The van der Waals surface area contributed by atoms with E-state index in [-0.39, 0.29) is 5.97 Å². The lowest BCUT2D eigenvalue weighted by atomic mass is 9.91. The molecular formula is C17H24ClNO2. The number of rotatable bonds is 6. The maximum absolute atomic E-state index is 12.4. The molecule has 0 bridgehead atoms. The van der Waals surface area contributed by atoms with E-state index in [9.17, 15) is 4.79 Å². The number of esters is 1. The van der Waals surface area contributed by atoms with E-state index in [1.807, 2.05) is 38.1 Å². The lowest BCUT2D eigenvalue weighted by molar-refractivity contribution is -0.150. The van der Waals surface area contributed by atoms with Gasteiger partial charge < -0.3 is 4.74 Å². The Kier molecular flexibility index (Phi) is 5.65. The van der Waals surface area contributed by atoms with Gasteiger partial charge in [0.1, 0.15) is 5.54 Å². The quantitative estimate of drug-likeness (QED) is 0.814. The maximum atomic E-state index is 12.4. The first-order valence-electron chi connectivity index (χ1n) is 7.73. The number of hydrogen-bond donors (Lipinski definition) is 1. The van der Waals surface area contributed by atoms with Gasteiger partial charge in [-0.25, -0.2) is 0 Å². The number of carbonyl (C=O) groups is 1. The largest absolute Gasteiger partial charge is 0.465 e. The second-order valence-electron chi connectivity index (χ2n) is 5.98. The minimum Gasteiger partial charge on any atom is -0.465 e. The molecule has 1 aromatic rings. The SMILES string of the molecule is CCOC(=O)C(C)(Cc1ccc(Cl)cc1)NC1CCCC1. The number of ether oxygens (including phenoxy) is 1. The third kappa shape index (κ3) is 4.45. The molecule has 0 amide bonds. The topological polar surface area (TPSA) is 38.3 Å². The van der Waals surface area contributed by atoms with E-state index in [0.29, 0.717) is 24.1 Å². The molecule has 0 aliphatic heterocycles. The van der Waals surface area contributed by atoms with Gasteiger partial charge in [-0.2, -0.15) is 0 Å². The molecule has 1 aliphatic carbocycles. The Hall–Kier alpha value is -1.06. The minimum absolute atomic E-state index is 0.174.